The summed E-state index contributed by atoms with van der Waals surface area (Å²) in [7, 11) is -1.42. The lowest BCUT2D eigenvalue weighted by Crippen LogP contribution is -2.53. The van der Waals surface area contributed by atoms with Gasteiger partial charge in [-0.25, -0.2) is 9.48 Å². The first-order valence-corrected chi connectivity index (χ1v) is 9.97. The molecule has 2 heterocycles. The Kier molecular flexibility index (Phi) is 6.79. The van der Waals surface area contributed by atoms with Crippen molar-refractivity contribution in [3.05, 3.63) is 41.2 Å². The molecule has 2 amide bonds. The lowest BCUT2D eigenvalue weighted by Gasteiger charge is -2.28. The van der Waals surface area contributed by atoms with Gasteiger partial charge in [-0.15, -0.1) is 5.10 Å². The normalized spacial score (nSPS) is 15.5. The number of carboxylic acid groups (broad SMARTS) is 1. The number of amides is 2. The Labute approximate surface area is 184 Å². The zero-order valence-corrected chi connectivity index (χ0v) is 17.7. The summed E-state index contributed by atoms with van der Waals surface area (Å²) >= 11 is 0. The van der Waals surface area contributed by atoms with Crippen molar-refractivity contribution in [2.24, 2.45) is 11.1 Å². The summed E-state index contributed by atoms with van der Waals surface area (Å²) in [4.78, 5) is 35.9. The molecule has 0 bridgehead atoms. The van der Waals surface area contributed by atoms with Gasteiger partial charge in [0.1, 0.15) is 12.3 Å². The predicted octanol–water partition coefficient (Wildman–Crippen LogP) is -1.17. The first-order chi connectivity index (χ1) is 15.1. The standard InChI is InChI=1S/C19H25BN6O6/c1-19(2,9-21)10-22-17(28)13-7-26(25-24-13)8-15(27)23-14-6-11-4-3-5-12(18(29)30)16(11)32-20(14)31/h3-5,7,14,31H,6,8-10,21H2,1-2H3,(H,22,28)(H,23,27)(H,29,30). The molecule has 1 atom stereocenters. The molecule has 1 aliphatic rings. The highest BCUT2D eigenvalue weighted by Gasteiger charge is 2.37. The van der Waals surface area contributed by atoms with Crippen LogP contribution in [-0.2, 0) is 17.8 Å². The van der Waals surface area contributed by atoms with Gasteiger partial charge < -0.3 is 31.2 Å². The van der Waals surface area contributed by atoms with Crippen LogP contribution in [0, 0.1) is 5.41 Å². The Morgan fingerprint density at radius 2 is 2.12 bits per heavy atom. The number of nitrogens with zero attached hydrogens (tertiary/aromatic N) is 3. The van der Waals surface area contributed by atoms with E-state index in [1.807, 2.05) is 13.8 Å². The molecule has 0 radical (unpaired) electrons. The number of fused-ring (bicyclic) bond motifs is 1. The highest BCUT2D eigenvalue weighted by molar-refractivity contribution is 6.47. The molecular weight excluding hydrogens is 419 g/mol. The van der Waals surface area contributed by atoms with Gasteiger partial charge in [-0.2, -0.15) is 0 Å². The number of carbonyl (C=O) groups is 3. The Hall–Kier alpha value is -3.45. The summed E-state index contributed by atoms with van der Waals surface area (Å²) in [5, 5.41) is 32.4. The third-order valence-electron chi connectivity index (χ3n) is 5.05. The quantitative estimate of drug-likeness (QED) is 0.313. The van der Waals surface area contributed by atoms with Crippen molar-refractivity contribution in [3.8, 4) is 5.75 Å². The van der Waals surface area contributed by atoms with Gasteiger partial charge in [0, 0.05) is 6.54 Å². The number of para-hydroxylation sites is 1. The average molecular weight is 444 g/mol. The minimum Gasteiger partial charge on any atom is -0.534 e. The Balaban J connectivity index is 1.58. The molecule has 1 aromatic heterocycles. The highest BCUT2D eigenvalue weighted by Crippen LogP contribution is 2.30. The number of hydrogen-bond acceptors (Lipinski definition) is 8. The summed E-state index contributed by atoms with van der Waals surface area (Å²) in [6.45, 7) is 4.36. The molecular formula is C19H25BN6O6. The first-order valence-electron chi connectivity index (χ1n) is 9.97. The van der Waals surface area contributed by atoms with E-state index in [0.717, 1.165) is 0 Å². The second-order valence-corrected chi connectivity index (χ2v) is 8.34. The predicted molar refractivity (Wildman–Crippen MR) is 113 cm³/mol. The van der Waals surface area contributed by atoms with Crippen molar-refractivity contribution in [2.75, 3.05) is 13.1 Å². The molecule has 0 fully saturated rings. The van der Waals surface area contributed by atoms with Crippen molar-refractivity contribution >= 4 is 24.9 Å². The first kappa shape index (κ1) is 23.2. The average Bonchev–Trinajstić information content (AvgIpc) is 3.20. The Morgan fingerprint density at radius 1 is 1.38 bits per heavy atom. The fraction of sp³-hybridized carbons (Fsp3) is 0.421. The number of rotatable bonds is 8. The maximum absolute atomic E-state index is 12.4. The van der Waals surface area contributed by atoms with Crippen molar-refractivity contribution in [1.82, 2.24) is 25.6 Å². The van der Waals surface area contributed by atoms with Crippen molar-refractivity contribution in [2.45, 2.75) is 32.8 Å². The molecule has 170 valence electrons. The highest BCUT2D eigenvalue weighted by atomic mass is 16.5. The second-order valence-electron chi connectivity index (χ2n) is 8.34. The number of aromatic carboxylic acids is 1. The van der Waals surface area contributed by atoms with E-state index in [2.05, 4.69) is 20.9 Å². The number of nitrogens with one attached hydrogen (secondary N) is 2. The van der Waals surface area contributed by atoms with Gasteiger partial charge in [0.2, 0.25) is 5.91 Å². The van der Waals surface area contributed by atoms with Gasteiger partial charge >= 0.3 is 13.1 Å². The molecule has 3 rings (SSSR count). The molecule has 0 saturated heterocycles. The molecule has 1 aliphatic heterocycles. The molecule has 0 saturated carbocycles. The molecule has 6 N–H and O–H groups in total. The van der Waals surface area contributed by atoms with Gasteiger partial charge in [0.05, 0.1) is 17.7 Å². The minimum absolute atomic E-state index is 0.0572. The van der Waals surface area contributed by atoms with Crippen LogP contribution >= 0.6 is 0 Å². The smallest absolute Gasteiger partial charge is 0.534 e. The van der Waals surface area contributed by atoms with E-state index >= 15 is 0 Å². The van der Waals surface area contributed by atoms with E-state index in [-0.39, 0.29) is 35.4 Å². The van der Waals surface area contributed by atoms with Crippen LogP contribution in [0.5, 0.6) is 5.75 Å². The van der Waals surface area contributed by atoms with Gasteiger partial charge in [-0.3, -0.25) is 9.59 Å². The summed E-state index contributed by atoms with van der Waals surface area (Å²) in [5.74, 6) is -2.79. The molecule has 13 heteroatoms. The second kappa shape index (κ2) is 9.36. The third kappa shape index (κ3) is 5.42. The summed E-state index contributed by atoms with van der Waals surface area (Å²) in [6.07, 6.45) is 1.53. The van der Waals surface area contributed by atoms with Crippen LogP contribution in [0.2, 0.25) is 0 Å². The number of aromatic nitrogens is 3. The Morgan fingerprint density at radius 3 is 2.81 bits per heavy atom. The third-order valence-corrected chi connectivity index (χ3v) is 5.05. The van der Waals surface area contributed by atoms with Gasteiger partial charge in [-0.1, -0.05) is 31.2 Å². The van der Waals surface area contributed by atoms with Gasteiger partial charge in [0.25, 0.3) is 5.91 Å². The van der Waals surface area contributed by atoms with Crippen LogP contribution in [0.4, 0.5) is 0 Å². The summed E-state index contributed by atoms with van der Waals surface area (Å²) in [6, 6.07) is 4.61. The molecule has 12 nitrogen and oxygen atoms in total. The zero-order chi connectivity index (χ0) is 23.5. The molecule has 0 aliphatic carbocycles. The fourth-order valence-corrected chi connectivity index (χ4v) is 3.08. The van der Waals surface area contributed by atoms with Crippen LogP contribution in [-0.4, -0.2) is 69.1 Å². The van der Waals surface area contributed by atoms with E-state index < -0.39 is 30.8 Å². The number of hydrogen-bond donors (Lipinski definition) is 5. The lowest BCUT2D eigenvalue weighted by molar-refractivity contribution is -0.122. The van der Waals surface area contributed by atoms with Crippen molar-refractivity contribution in [3.63, 3.8) is 0 Å². The van der Waals surface area contributed by atoms with E-state index in [4.69, 9.17) is 10.4 Å². The summed E-state index contributed by atoms with van der Waals surface area (Å²) in [5.41, 5.74) is 5.93. The number of benzene rings is 1. The van der Waals surface area contributed by atoms with Crippen LogP contribution in [0.1, 0.15) is 40.3 Å². The number of carboxylic acids is 1. The van der Waals surface area contributed by atoms with Crippen LogP contribution in [0.25, 0.3) is 0 Å². The maximum atomic E-state index is 12.4. The van der Waals surface area contributed by atoms with E-state index in [1.54, 1.807) is 12.1 Å². The van der Waals surface area contributed by atoms with Crippen LogP contribution in [0.3, 0.4) is 0 Å². The van der Waals surface area contributed by atoms with Gasteiger partial charge in [-0.05, 0) is 30.0 Å². The van der Waals surface area contributed by atoms with Crippen molar-refractivity contribution < 1.29 is 29.2 Å². The number of nitrogens with two attached hydrogens (primary N) is 1. The molecule has 0 spiro atoms. The number of carbonyl (C=O) groups excluding carboxylic acids is 2. The molecule has 1 unspecified atom stereocenters. The Bertz CT molecular complexity index is 1030. The maximum Gasteiger partial charge on any atom is 0.547 e. The molecule has 32 heavy (non-hydrogen) atoms. The summed E-state index contributed by atoms with van der Waals surface area (Å²) < 4.78 is 6.55. The monoisotopic (exact) mass is 444 g/mol. The molecule has 1 aromatic carbocycles. The lowest BCUT2D eigenvalue weighted by atomic mass is 9.72. The van der Waals surface area contributed by atoms with E-state index in [1.165, 1.54) is 16.9 Å². The van der Waals surface area contributed by atoms with Crippen molar-refractivity contribution in [1.29, 1.82) is 0 Å². The zero-order valence-electron chi connectivity index (χ0n) is 17.7. The SMILES string of the molecule is CC(C)(CN)CNC(=O)c1cn(CC(=O)NC2Cc3cccc(C(=O)O)c3OB2O)nn1. The van der Waals surface area contributed by atoms with Crippen LogP contribution < -0.4 is 21.0 Å². The molecule has 2 aromatic rings. The van der Waals surface area contributed by atoms with E-state index in [0.29, 0.717) is 18.7 Å². The minimum atomic E-state index is -1.42. The van der Waals surface area contributed by atoms with Gasteiger partial charge in [0.15, 0.2) is 5.69 Å². The fourth-order valence-electron chi connectivity index (χ4n) is 3.08. The topological polar surface area (TPSA) is 182 Å². The van der Waals surface area contributed by atoms with Crippen LogP contribution in [0.15, 0.2) is 24.4 Å². The van der Waals surface area contributed by atoms with E-state index in [9.17, 15) is 24.5 Å². The largest absolute Gasteiger partial charge is 0.547 e.